The van der Waals surface area contributed by atoms with E-state index in [4.69, 9.17) is 5.73 Å². The fourth-order valence-corrected chi connectivity index (χ4v) is 4.97. The van der Waals surface area contributed by atoms with Crippen LogP contribution in [0.2, 0.25) is 0 Å². The molecular weight excluding hydrogens is 513 g/mol. The van der Waals surface area contributed by atoms with E-state index in [2.05, 4.69) is 16.9 Å². The molecule has 0 fully saturated rings. The Bertz CT molecular complexity index is 1250. The summed E-state index contributed by atoms with van der Waals surface area (Å²) in [4.78, 5) is 33.1. The Balaban J connectivity index is 1.98. The van der Waals surface area contributed by atoms with Crippen molar-refractivity contribution >= 4 is 28.1 Å². The number of nitrogens with zero attached hydrogens (tertiary/aromatic N) is 2. The molecule has 1 unspecified atom stereocenters. The number of aromatic amines is 1. The maximum Gasteiger partial charge on any atom is 0.416 e. The third-order valence-electron chi connectivity index (χ3n) is 6.44. The Hall–Kier alpha value is -2.98. The number of pyridine rings is 1. The molecule has 0 aliphatic heterocycles. The Labute approximate surface area is 225 Å². The summed E-state index contributed by atoms with van der Waals surface area (Å²) in [7, 11) is 0. The molecule has 0 aliphatic carbocycles. The molecule has 10 heteroatoms. The first-order valence-corrected chi connectivity index (χ1v) is 13.8. The van der Waals surface area contributed by atoms with Gasteiger partial charge in [-0.1, -0.05) is 58.9 Å². The van der Waals surface area contributed by atoms with Crippen LogP contribution in [0.3, 0.4) is 0 Å². The molecule has 0 bridgehead atoms. The van der Waals surface area contributed by atoms with Crippen LogP contribution >= 0.6 is 11.3 Å². The second-order valence-electron chi connectivity index (χ2n) is 9.76. The Morgan fingerprint density at radius 1 is 1.11 bits per heavy atom. The number of nitrogens with one attached hydrogen (secondary N) is 1. The van der Waals surface area contributed by atoms with Gasteiger partial charge in [0, 0.05) is 23.2 Å². The molecule has 3 aromatic rings. The molecular formula is C28H35F3N4O2S. The highest BCUT2D eigenvalue weighted by molar-refractivity contribution is 7.14. The van der Waals surface area contributed by atoms with Gasteiger partial charge in [0.2, 0.25) is 5.56 Å². The van der Waals surface area contributed by atoms with Crippen LogP contribution in [0.15, 0.2) is 46.7 Å². The molecule has 0 aliphatic rings. The fourth-order valence-electron chi connectivity index (χ4n) is 4.12. The SMILES string of the molecule is CCCCCCCCc1ccc(N(C(=O)C(N)C(C)C)c2nc(-c3ccc(=O)[nH]c3)cs2)cc1C(F)(F)F. The maximum absolute atomic E-state index is 14.1. The van der Waals surface area contributed by atoms with Crippen molar-refractivity contribution in [1.29, 1.82) is 0 Å². The van der Waals surface area contributed by atoms with Crippen molar-refractivity contribution in [2.24, 2.45) is 11.7 Å². The zero-order chi connectivity index (χ0) is 27.9. The Morgan fingerprint density at radius 3 is 2.45 bits per heavy atom. The summed E-state index contributed by atoms with van der Waals surface area (Å²) in [5.74, 6) is -0.781. The predicted molar refractivity (Wildman–Crippen MR) is 147 cm³/mol. The van der Waals surface area contributed by atoms with Gasteiger partial charge in [-0.15, -0.1) is 11.3 Å². The van der Waals surface area contributed by atoms with Gasteiger partial charge in [0.15, 0.2) is 5.13 Å². The second kappa shape index (κ2) is 13.2. The molecule has 206 valence electrons. The minimum Gasteiger partial charge on any atom is -0.328 e. The van der Waals surface area contributed by atoms with E-state index in [1.807, 2.05) is 0 Å². The number of hydrogen-bond acceptors (Lipinski definition) is 5. The van der Waals surface area contributed by atoms with Gasteiger partial charge in [-0.3, -0.25) is 14.5 Å². The highest BCUT2D eigenvalue weighted by Crippen LogP contribution is 2.39. The molecule has 38 heavy (non-hydrogen) atoms. The van der Waals surface area contributed by atoms with Gasteiger partial charge >= 0.3 is 6.18 Å². The van der Waals surface area contributed by atoms with Crippen LogP contribution in [0, 0.1) is 5.92 Å². The van der Waals surface area contributed by atoms with Crippen molar-refractivity contribution < 1.29 is 18.0 Å². The highest BCUT2D eigenvalue weighted by Gasteiger charge is 2.35. The van der Waals surface area contributed by atoms with Crippen molar-refractivity contribution in [2.45, 2.75) is 77.9 Å². The number of anilines is 2. The summed E-state index contributed by atoms with van der Waals surface area (Å²) < 4.78 is 42.4. The quantitative estimate of drug-likeness (QED) is 0.237. The minimum atomic E-state index is -4.58. The van der Waals surface area contributed by atoms with Gasteiger partial charge in [-0.25, -0.2) is 4.98 Å². The number of alkyl halides is 3. The third-order valence-corrected chi connectivity index (χ3v) is 7.27. The van der Waals surface area contributed by atoms with E-state index >= 15 is 0 Å². The van der Waals surface area contributed by atoms with Crippen LogP contribution in [-0.4, -0.2) is 21.9 Å². The van der Waals surface area contributed by atoms with Crippen molar-refractivity contribution in [2.75, 3.05) is 4.90 Å². The van der Waals surface area contributed by atoms with Gasteiger partial charge in [-0.2, -0.15) is 13.2 Å². The normalized spacial score (nSPS) is 12.6. The number of thiazole rings is 1. The molecule has 1 amide bonds. The zero-order valence-electron chi connectivity index (χ0n) is 22.0. The number of amides is 1. The molecule has 0 saturated heterocycles. The smallest absolute Gasteiger partial charge is 0.328 e. The number of unbranched alkanes of at least 4 members (excludes halogenated alkanes) is 5. The second-order valence-corrected chi connectivity index (χ2v) is 10.6. The first-order chi connectivity index (χ1) is 18.0. The van der Waals surface area contributed by atoms with E-state index in [1.165, 1.54) is 29.3 Å². The van der Waals surface area contributed by atoms with Crippen LogP contribution in [0.4, 0.5) is 24.0 Å². The standard InChI is InChI=1S/C28H35F3N4O2S/c1-4-5-6-7-8-9-10-19-11-13-21(15-22(19)28(29,30)31)35(26(37)25(32)18(2)3)27-34-23(17-38-27)20-12-14-24(36)33-16-20/h11-18,25H,4-10,32H2,1-3H3,(H,33,36). The largest absolute Gasteiger partial charge is 0.416 e. The molecule has 1 aromatic carbocycles. The maximum atomic E-state index is 14.1. The van der Waals surface area contributed by atoms with E-state index in [9.17, 15) is 22.8 Å². The molecule has 1 atom stereocenters. The van der Waals surface area contributed by atoms with Gasteiger partial charge < -0.3 is 10.7 Å². The molecule has 3 N–H and O–H groups in total. The van der Waals surface area contributed by atoms with Crippen molar-refractivity contribution in [1.82, 2.24) is 9.97 Å². The number of hydrogen-bond donors (Lipinski definition) is 2. The fraction of sp³-hybridized carbons (Fsp3) is 0.464. The average molecular weight is 549 g/mol. The summed E-state index contributed by atoms with van der Waals surface area (Å²) in [6, 6.07) is 6.02. The van der Waals surface area contributed by atoms with Gasteiger partial charge in [-0.05, 0) is 42.5 Å². The van der Waals surface area contributed by atoms with Crippen LogP contribution in [0.5, 0.6) is 0 Å². The van der Waals surface area contributed by atoms with Crippen LogP contribution in [0.25, 0.3) is 11.3 Å². The van der Waals surface area contributed by atoms with E-state index in [1.54, 1.807) is 25.3 Å². The molecule has 0 radical (unpaired) electrons. The number of carbonyl (C=O) groups is 1. The van der Waals surface area contributed by atoms with E-state index < -0.39 is 23.7 Å². The number of halogens is 3. The third kappa shape index (κ3) is 7.54. The number of H-pyrrole nitrogens is 1. The summed E-state index contributed by atoms with van der Waals surface area (Å²) in [5.41, 5.74) is 6.50. The lowest BCUT2D eigenvalue weighted by Gasteiger charge is -2.26. The minimum absolute atomic E-state index is 0.0625. The number of carbonyl (C=O) groups excluding carboxylic acids is 1. The van der Waals surface area contributed by atoms with Crippen molar-refractivity contribution in [3.05, 3.63) is 63.4 Å². The highest BCUT2D eigenvalue weighted by atomic mass is 32.1. The molecule has 0 saturated carbocycles. The monoisotopic (exact) mass is 548 g/mol. The molecule has 3 rings (SSSR count). The van der Waals surface area contributed by atoms with Crippen LogP contribution in [-0.2, 0) is 17.4 Å². The zero-order valence-corrected chi connectivity index (χ0v) is 22.8. The lowest BCUT2D eigenvalue weighted by Crippen LogP contribution is -2.44. The number of rotatable bonds is 12. The predicted octanol–water partition coefficient (Wildman–Crippen LogP) is 7.07. The summed E-state index contributed by atoms with van der Waals surface area (Å²) >= 11 is 1.11. The van der Waals surface area contributed by atoms with Crippen molar-refractivity contribution in [3.8, 4) is 11.3 Å². The van der Waals surface area contributed by atoms with Crippen LogP contribution in [0.1, 0.15) is 70.4 Å². The Kier molecular flexibility index (Phi) is 10.3. The summed E-state index contributed by atoms with van der Waals surface area (Å²) in [6.45, 7) is 5.67. The van der Waals surface area contributed by atoms with E-state index in [0.29, 0.717) is 24.1 Å². The first-order valence-electron chi connectivity index (χ1n) is 13.0. The van der Waals surface area contributed by atoms with E-state index in [0.717, 1.165) is 49.5 Å². The molecule has 2 heterocycles. The lowest BCUT2D eigenvalue weighted by atomic mass is 9.98. The number of benzene rings is 1. The molecule has 2 aromatic heterocycles. The molecule has 6 nitrogen and oxygen atoms in total. The summed E-state index contributed by atoms with van der Waals surface area (Å²) in [5, 5.41) is 1.88. The number of nitrogens with two attached hydrogens (primary N) is 1. The van der Waals surface area contributed by atoms with Gasteiger partial charge in [0.05, 0.1) is 23.0 Å². The summed E-state index contributed by atoms with van der Waals surface area (Å²) in [6.07, 6.45) is 3.11. The topological polar surface area (TPSA) is 92.1 Å². The Morgan fingerprint density at radius 2 is 1.82 bits per heavy atom. The average Bonchev–Trinajstić information content (AvgIpc) is 3.35. The number of aromatic nitrogens is 2. The van der Waals surface area contributed by atoms with Crippen LogP contribution < -0.4 is 16.2 Å². The van der Waals surface area contributed by atoms with E-state index in [-0.39, 0.29) is 27.9 Å². The molecule has 0 spiro atoms. The number of aryl methyl sites for hydroxylation is 1. The van der Waals surface area contributed by atoms with Gasteiger partial charge in [0.1, 0.15) is 0 Å². The lowest BCUT2D eigenvalue weighted by molar-refractivity contribution is -0.138. The first kappa shape index (κ1) is 29.6. The van der Waals surface area contributed by atoms with Gasteiger partial charge in [0.25, 0.3) is 5.91 Å². The van der Waals surface area contributed by atoms with Crippen molar-refractivity contribution in [3.63, 3.8) is 0 Å².